The van der Waals surface area contributed by atoms with E-state index >= 15 is 0 Å². The van der Waals surface area contributed by atoms with Gasteiger partial charge in [0.05, 0.1) is 65.7 Å². The molecule has 3 aliphatic rings. The molecule has 3 heterocycles. The number of aromatic nitrogens is 6. The van der Waals surface area contributed by atoms with Gasteiger partial charge in [-0.3, -0.25) is 24.2 Å². The first-order chi connectivity index (χ1) is 27.8. The fourth-order valence-corrected chi connectivity index (χ4v) is 9.07. The Bertz CT molecular complexity index is 2140. The van der Waals surface area contributed by atoms with Crippen molar-refractivity contribution >= 4 is 49.8 Å². The van der Waals surface area contributed by atoms with Gasteiger partial charge in [-0.25, -0.2) is 0 Å². The molecule has 13 heteroatoms. The molecular formula is C44H59N9O4. The number of hydrogen-bond donors (Lipinski definition) is 2. The summed E-state index contributed by atoms with van der Waals surface area (Å²) >= 11 is 0. The number of non-ortho nitro benzene ring substituents is 1. The van der Waals surface area contributed by atoms with Crippen molar-refractivity contribution in [2.24, 2.45) is 17.8 Å². The van der Waals surface area contributed by atoms with E-state index in [1.807, 2.05) is 47.4 Å². The van der Waals surface area contributed by atoms with Crippen molar-refractivity contribution in [3.63, 3.8) is 0 Å². The molecule has 3 aromatic heterocycles. The number of hydrogen-bond acceptors (Lipinski definition) is 9. The van der Waals surface area contributed by atoms with Gasteiger partial charge in [0.2, 0.25) is 0 Å². The zero-order valence-corrected chi connectivity index (χ0v) is 33.7. The molecule has 0 saturated heterocycles. The quantitative estimate of drug-likeness (QED) is 0.0825. The number of nitrogens with two attached hydrogens (primary N) is 2. The van der Waals surface area contributed by atoms with Crippen LogP contribution in [0.25, 0.3) is 32.7 Å². The Morgan fingerprint density at radius 2 is 0.947 bits per heavy atom. The number of nitrogen functional groups attached to an aromatic ring is 2. The second kappa shape index (κ2) is 18.7. The monoisotopic (exact) mass is 777 g/mol. The molecule has 9 rings (SSSR count). The third-order valence-corrected chi connectivity index (χ3v) is 12.3. The molecule has 0 spiro atoms. The van der Waals surface area contributed by atoms with Crippen molar-refractivity contribution in [2.45, 2.75) is 116 Å². The van der Waals surface area contributed by atoms with E-state index in [0.29, 0.717) is 17.3 Å². The number of fused-ring (bicyclic) bond motifs is 3. The van der Waals surface area contributed by atoms with Gasteiger partial charge in [-0.2, -0.15) is 15.3 Å². The summed E-state index contributed by atoms with van der Waals surface area (Å²) in [5.41, 5.74) is 16.6. The van der Waals surface area contributed by atoms with Gasteiger partial charge in [0.25, 0.3) is 5.69 Å². The van der Waals surface area contributed by atoms with Gasteiger partial charge in [-0.05, 0) is 74.5 Å². The van der Waals surface area contributed by atoms with Crippen LogP contribution in [0.15, 0.2) is 61.1 Å². The van der Waals surface area contributed by atoms with E-state index in [1.54, 1.807) is 32.5 Å². The minimum atomic E-state index is -0.363. The lowest BCUT2D eigenvalue weighted by Crippen LogP contribution is -2.14. The van der Waals surface area contributed by atoms with Gasteiger partial charge in [0.15, 0.2) is 0 Å². The summed E-state index contributed by atoms with van der Waals surface area (Å²) in [6, 6.07) is 12.8. The summed E-state index contributed by atoms with van der Waals surface area (Å²) in [6.45, 7) is 2.95. The Labute approximate surface area is 334 Å². The first-order valence-electron chi connectivity index (χ1n) is 21.0. The minimum Gasteiger partial charge on any atom is -0.495 e. The lowest BCUT2D eigenvalue weighted by atomic mass is 9.89. The molecule has 0 unspecified atom stereocenters. The summed E-state index contributed by atoms with van der Waals surface area (Å²) in [4.78, 5) is 10.4. The first-order valence-corrected chi connectivity index (χ1v) is 21.0. The summed E-state index contributed by atoms with van der Waals surface area (Å²) in [7, 11) is 3.30. The van der Waals surface area contributed by atoms with Crippen LogP contribution in [-0.4, -0.2) is 48.5 Å². The Balaban J connectivity index is 0.000000131. The highest BCUT2D eigenvalue weighted by Gasteiger charge is 2.19. The number of methoxy groups -OCH3 is 2. The van der Waals surface area contributed by atoms with Crippen LogP contribution in [0.3, 0.4) is 0 Å². The summed E-state index contributed by atoms with van der Waals surface area (Å²) in [5, 5.41) is 27.2. The van der Waals surface area contributed by atoms with E-state index in [2.05, 4.69) is 24.7 Å². The summed E-state index contributed by atoms with van der Waals surface area (Å²) in [5.74, 6) is 3.70. The molecule has 0 aliphatic heterocycles. The number of nitro benzene ring substituents is 1. The average Bonchev–Trinajstić information content (AvgIpc) is 3.95. The van der Waals surface area contributed by atoms with Gasteiger partial charge in [-0.1, -0.05) is 57.8 Å². The highest BCUT2D eigenvalue weighted by molar-refractivity contribution is 5.86. The maximum atomic E-state index is 10.7. The second-order valence-electron chi connectivity index (χ2n) is 16.3. The third kappa shape index (κ3) is 9.80. The van der Waals surface area contributed by atoms with Crippen molar-refractivity contribution in [3.05, 3.63) is 71.2 Å². The predicted molar refractivity (Wildman–Crippen MR) is 228 cm³/mol. The molecule has 304 valence electrons. The number of anilines is 2. The molecule has 6 aromatic rings. The van der Waals surface area contributed by atoms with Crippen molar-refractivity contribution in [3.8, 4) is 11.5 Å². The van der Waals surface area contributed by atoms with Crippen LogP contribution in [0.4, 0.5) is 17.1 Å². The number of benzene rings is 3. The second-order valence-corrected chi connectivity index (χ2v) is 16.3. The van der Waals surface area contributed by atoms with Crippen LogP contribution >= 0.6 is 0 Å². The fourth-order valence-electron chi connectivity index (χ4n) is 9.07. The molecule has 57 heavy (non-hydrogen) atoms. The Morgan fingerprint density at radius 3 is 1.32 bits per heavy atom. The molecule has 0 bridgehead atoms. The van der Waals surface area contributed by atoms with E-state index in [1.165, 1.54) is 96.3 Å². The average molecular weight is 778 g/mol. The van der Waals surface area contributed by atoms with Crippen LogP contribution in [0.5, 0.6) is 11.5 Å². The van der Waals surface area contributed by atoms with E-state index in [0.717, 1.165) is 75.7 Å². The molecular weight excluding hydrogens is 719 g/mol. The zero-order chi connectivity index (χ0) is 39.7. The topological polar surface area (TPSA) is 167 Å². The van der Waals surface area contributed by atoms with Gasteiger partial charge in [0.1, 0.15) is 11.5 Å². The SMILES string of the molecule is COc1cc2c(cnn2CC2CCCCC2)cc1N.COc1cc2c(cnn2CC2CCCCC2)cc1N.O=[N+]([O-])c1ccc2c(cnn2CC2CCCCC2)c1. The van der Waals surface area contributed by atoms with Crippen molar-refractivity contribution in [1.82, 2.24) is 29.3 Å². The molecule has 4 N–H and O–H groups in total. The van der Waals surface area contributed by atoms with Crippen molar-refractivity contribution in [1.29, 1.82) is 0 Å². The molecule has 13 nitrogen and oxygen atoms in total. The minimum absolute atomic E-state index is 0.129. The van der Waals surface area contributed by atoms with Crippen LogP contribution in [0.1, 0.15) is 96.3 Å². The van der Waals surface area contributed by atoms with E-state index in [9.17, 15) is 10.1 Å². The third-order valence-electron chi connectivity index (χ3n) is 12.3. The Morgan fingerprint density at radius 1 is 0.579 bits per heavy atom. The largest absolute Gasteiger partial charge is 0.495 e. The highest BCUT2D eigenvalue weighted by atomic mass is 16.6. The van der Waals surface area contributed by atoms with Gasteiger partial charge < -0.3 is 20.9 Å². The number of nitrogens with zero attached hydrogens (tertiary/aromatic N) is 7. The fraction of sp³-hybridized carbons (Fsp3) is 0.523. The van der Waals surface area contributed by atoms with Gasteiger partial charge >= 0.3 is 0 Å². The molecule has 0 radical (unpaired) electrons. The maximum Gasteiger partial charge on any atom is 0.270 e. The van der Waals surface area contributed by atoms with Crippen LogP contribution in [-0.2, 0) is 19.6 Å². The molecule has 3 saturated carbocycles. The predicted octanol–water partition coefficient (Wildman–Crippen LogP) is 9.94. The van der Waals surface area contributed by atoms with Gasteiger partial charge in [0, 0.05) is 60.1 Å². The van der Waals surface area contributed by atoms with Crippen LogP contribution in [0.2, 0.25) is 0 Å². The van der Waals surface area contributed by atoms with E-state index < -0.39 is 0 Å². The van der Waals surface area contributed by atoms with Crippen molar-refractivity contribution in [2.75, 3.05) is 25.7 Å². The molecule has 3 aromatic carbocycles. The van der Waals surface area contributed by atoms with Crippen LogP contribution in [0, 0.1) is 27.9 Å². The number of ether oxygens (including phenoxy) is 2. The summed E-state index contributed by atoms with van der Waals surface area (Å²) < 4.78 is 16.8. The number of rotatable bonds is 9. The smallest absolute Gasteiger partial charge is 0.270 e. The zero-order valence-electron chi connectivity index (χ0n) is 33.7. The standard InChI is InChI=1S/2C15H21N3O.C14H17N3O2/c2*1-19-15-8-14-12(7-13(15)16)9-17-18(14)10-11-5-3-2-4-6-11;18-17(19)13-6-7-14-12(8-13)9-15-16(14)10-11-4-2-1-3-5-11/h2*7-9,11H,2-6,10,16H2,1H3;6-9,11H,1-5,10H2. The highest BCUT2D eigenvalue weighted by Crippen LogP contribution is 2.32. The molecule has 3 aliphatic carbocycles. The first kappa shape index (κ1) is 39.9. The van der Waals surface area contributed by atoms with Gasteiger partial charge in [-0.15, -0.1) is 0 Å². The normalized spacial score (nSPS) is 16.9. The molecule has 0 atom stereocenters. The van der Waals surface area contributed by atoms with E-state index in [4.69, 9.17) is 20.9 Å². The Kier molecular flexibility index (Phi) is 13.1. The molecule has 3 fully saturated rings. The van der Waals surface area contributed by atoms with Crippen molar-refractivity contribution < 1.29 is 14.4 Å². The lowest BCUT2D eigenvalue weighted by molar-refractivity contribution is -0.384. The van der Waals surface area contributed by atoms with E-state index in [-0.39, 0.29) is 10.6 Å². The molecule has 0 amide bonds. The Hall–Kier alpha value is -5.33. The maximum absolute atomic E-state index is 10.7. The van der Waals surface area contributed by atoms with Crippen LogP contribution < -0.4 is 20.9 Å². The summed E-state index contributed by atoms with van der Waals surface area (Å²) in [6.07, 6.45) is 25.6. The lowest BCUT2D eigenvalue weighted by Gasteiger charge is -2.21. The number of nitro groups is 1.